The average Bonchev–Trinajstić information content (AvgIpc) is 2.49. The van der Waals surface area contributed by atoms with E-state index in [2.05, 4.69) is 15.3 Å². The summed E-state index contributed by atoms with van der Waals surface area (Å²) >= 11 is 0. The molecule has 128 valence electrons. The molecule has 0 unspecified atom stereocenters. The van der Waals surface area contributed by atoms with Gasteiger partial charge in [-0.2, -0.15) is 0 Å². The Morgan fingerprint density at radius 2 is 2.09 bits per heavy atom. The zero-order chi connectivity index (χ0) is 17.6. The van der Waals surface area contributed by atoms with Crippen LogP contribution in [-0.2, 0) is 14.3 Å². The van der Waals surface area contributed by atoms with Crippen LogP contribution in [-0.4, -0.2) is 81.0 Å². The van der Waals surface area contributed by atoms with Crippen molar-refractivity contribution in [2.24, 2.45) is 5.11 Å². The third kappa shape index (κ3) is 5.09. The maximum Gasteiger partial charge on any atom is 0.370 e. The van der Waals surface area contributed by atoms with E-state index < -0.39 is 61.2 Å². The van der Waals surface area contributed by atoms with Crippen molar-refractivity contribution in [2.45, 2.75) is 30.5 Å². The number of ether oxygens (including phenoxy) is 1. The molecule has 0 saturated heterocycles. The van der Waals surface area contributed by atoms with Crippen LogP contribution in [0.5, 0.6) is 0 Å². The number of rotatable bonds is 8. The van der Waals surface area contributed by atoms with Crippen LogP contribution >= 0.6 is 0 Å². The average molecular weight is 332 g/mol. The number of hydrogen-bond acceptors (Lipinski definition) is 8. The molecule has 1 aliphatic heterocycles. The number of carbonyl (C=O) groups is 2. The highest BCUT2D eigenvalue weighted by molar-refractivity contribution is 5.84. The summed E-state index contributed by atoms with van der Waals surface area (Å²) in [6.07, 6.45) is -5.48. The van der Waals surface area contributed by atoms with E-state index in [9.17, 15) is 24.9 Å². The van der Waals surface area contributed by atoms with Crippen molar-refractivity contribution in [3.8, 4) is 0 Å². The summed E-state index contributed by atoms with van der Waals surface area (Å²) in [5, 5.41) is 52.7. The first-order valence-electron chi connectivity index (χ1n) is 6.40. The fraction of sp³-hybridized carbons (Fsp3) is 0.636. The molecule has 12 heteroatoms. The van der Waals surface area contributed by atoms with Crippen molar-refractivity contribution in [1.29, 1.82) is 0 Å². The number of aliphatic carboxylic acids is 2. The van der Waals surface area contributed by atoms with Crippen LogP contribution in [0.25, 0.3) is 10.4 Å². The van der Waals surface area contributed by atoms with Crippen molar-refractivity contribution in [3.05, 3.63) is 22.3 Å². The molecule has 0 aromatic carbocycles. The van der Waals surface area contributed by atoms with Gasteiger partial charge in [-0.15, -0.1) is 0 Å². The lowest BCUT2D eigenvalue weighted by Gasteiger charge is -2.38. The summed E-state index contributed by atoms with van der Waals surface area (Å²) in [7, 11) is 0. The molecule has 23 heavy (non-hydrogen) atoms. The van der Waals surface area contributed by atoms with Gasteiger partial charge < -0.3 is 30.3 Å². The lowest BCUT2D eigenvalue weighted by molar-refractivity contribution is -0.147. The fourth-order valence-electron chi connectivity index (χ4n) is 2.01. The van der Waals surface area contributed by atoms with E-state index in [1.165, 1.54) is 0 Å². The molecule has 0 amide bonds. The minimum atomic E-state index is -1.75. The number of carboxylic acids is 2. The lowest BCUT2D eigenvalue weighted by Crippen LogP contribution is -2.59. The van der Waals surface area contributed by atoms with Crippen molar-refractivity contribution in [3.63, 3.8) is 0 Å². The fourth-order valence-corrected chi connectivity index (χ4v) is 2.01. The van der Waals surface area contributed by atoms with Gasteiger partial charge in [-0.1, -0.05) is 5.11 Å². The number of aliphatic hydroxyl groups excluding tert-OH is 3. The normalized spacial score (nSPS) is 26.2. The Morgan fingerprint density at radius 3 is 2.61 bits per heavy atom. The predicted molar refractivity (Wildman–Crippen MR) is 72.1 cm³/mol. The first-order valence-corrected chi connectivity index (χ1v) is 6.40. The molecule has 0 aromatic rings. The van der Waals surface area contributed by atoms with Gasteiger partial charge in [0.15, 0.2) is 0 Å². The van der Waals surface area contributed by atoms with E-state index in [0.717, 1.165) is 6.08 Å². The summed E-state index contributed by atoms with van der Waals surface area (Å²) < 4.78 is 5.03. The third-order valence-corrected chi connectivity index (χ3v) is 3.07. The van der Waals surface area contributed by atoms with Crippen LogP contribution < -0.4 is 5.32 Å². The van der Waals surface area contributed by atoms with Crippen LogP contribution in [0.4, 0.5) is 0 Å². The number of hydrogen-bond donors (Lipinski definition) is 6. The topological polar surface area (TPSA) is 205 Å². The number of nitrogens with zero attached hydrogens (tertiary/aromatic N) is 3. The maximum absolute atomic E-state index is 11.0. The molecular formula is C11H16N4O8. The highest BCUT2D eigenvalue weighted by Gasteiger charge is 2.42. The molecule has 12 nitrogen and oxygen atoms in total. The molecule has 1 aliphatic rings. The molecule has 0 spiro atoms. The van der Waals surface area contributed by atoms with E-state index in [4.69, 9.17) is 20.5 Å². The largest absolute Gasteiger partial charge is 0.480 e. The maximum atomic E-state index is 11.0. The van der Waals surface area contributed by atoms with E-state index in [0.29, 0.717) is 0 Å². The minimum absolute atomic E-state index is 0.522. The van der Waals surface area contributed by atoms with Gasteiger partial charge in [0.1, 0.15) is 12.2 Å². The van der Waals surface area contributed by atoms with Crippen LogP contribution in [0.15, 0.2) is 16.9 Å². The highest BCUT2D eigenvalue weighted by atomic mass is 16.5. The van der Waals surface area contributed by atoms with Crippen molar-refractivity contribution < 1.29 is 39.9 Å². The SMILES string of the molecule is [N-]=[N+]=NC[C@@H](O)[C@@H](O)[C@@H]1OC(C(=O)O)=C[C@H](O)[C@H]1NCC(=O)O. The van der Waals surface area contributed by atoms with Gasteiger partial charge in [0.25, 0.3) is 0 Å². The van der Waals surface area contributed by atoms with Gasteiger partial charge in [-0.05, 0) is 11.6 Å². The number of aliphatic hydroxyl groups is 3. The van der Waals surface area contributed by atoms with Crippen molar-refractivity contribution in [1.82, 2.24) is 5.32 Å². The summed E-state index contributed by atoms with van der Waals surface area (Å²) in [6.45, 7) is -1.12. The molecule has 6 N–H and O–H groups in total. The van der Waals surface area contributed by atoms with Crippen LogP contribution in [0.3, 0.4) is 0 Å². The molecule has 0 radical (unpaired) electrons. The van der Waals surface area contributed by atoms with Crippen LogP contribution in [0.2, 0.25) is 0 Å². The Kier molecular flexibility index (Phi) is 6.75. The zero-order valence-electron chi connectivity index (χ0n) is 11.7. The van der Waals surface area contributed by atoms with E-state index in [-0.39, 0.29) is 0 Å². The second-order valence-electron chi connectivity index (χ2n) is 4.68. The van der Waals surface area contributed by atoms with Crippen LogP contribution in [0.1, 0.15) is 0 Å². The Bertz CT molecular complexity index is 532. The second kappa shape index (κ2) is 8.31. The Hall–Kier alpha value is -2.37. The van der Waals surface area contributed by atoms with Crippen LogP contribution in [0, 0.1) is 0 Å². The minimum Gasteiger partial charge on any atom is -0.480 e. The number of nitrogens with one attached hydrogen (secondary N) is 1. The van der Waals surface area contributed by atoms with E-state index in [1.54, 1.807) is 0 Å². The third-order valence-electron chi connectivity index (χ3n) is 3.07. The summed E-state index contributed by atoms with van der Waals surface area (Å²) in [4.78, 5) is 24.0. The highest BCUT2D eigenvalue weighted by Crippen LogP contribution is 2.23. The summed E-state index contributed by atoms with van der Waals surface area (Å²) in [5.74, 6) is -3.43. The van der Waals surface area contributed by atoms with Gasteiger partial charge in [0, 0.05) is 4.91 Å². The Morgan fingerprint density at radius 1 is 1.43 bits per heavy atom. The predicted octanol–water partition coefficient (Wildman–Crippen LogP) is -2.21. The quantitative estimate of drug-likeness (QED) is 0.161. The molecule has 0 aromatic heterocycles. The van der Waals surface area contributed by atoms with Crippen molar-refractivity contribution in [2.75, 3.05) is 13.1 Å². The van der Waals surface area contributed by atoms with E-state index in [1.807, 2.05) is 0 Å². The van der Waals surface area contributed by atoms with Gasteiger partial charge in [-0.3, -0.25) is 10.1 Å². The first-order chi connectivity index (χ1) is 10.8. The van der Waals surface area contributed by atoms with E-state index >= 15 is 0 Å². The molecule has 1 rings (SSSR count). The second-order valence-corrected chi connectivity index (χ2v) is 4.68. The molecule has 5 atom stereocenters. The Labute approximate surface area is 129 Å². The lowest BCUT2D eigenvalue weighted by atomic mass is 9.93. The molecule has 0 fully saturated rings. The standard InChI is InChI=1S/C11H16N4O8/c12-15-14-2-5(17)9(20)10-8(13-3-7(18)19)4(16)1-6(23-10)11(21)22/h1,4-5,8-10,13,16-17,20H,2-3H2,(H,18,19)(H,21,22)/t4-,5+,8+,9+,10+/m0/s1. The zero-order valence-corrected chi connectivity index (χ0v) is 11.7. The number of azide groups is 1. The molecule has 0 aliphatic carbocycles. The van der Waals surface area contributed by atoms with Gasteiger partial charge in [0.2, 0.25) is 5.76 Å². The Balaban J connectivity index is 2.99. The van der Waals surface area contributed by atoms with Crippen molar-refractivity contribution >= 4 is 11.9 Å². The van der Waals surface area contributed by atoms with Gasteiger partial charge in [0.05, 0.1) is 31.3 Å². The monoisotopic (exact) mass is 332 g/mol. The number of carboxylic acid groups (broad SMARTS) is 2. The first kappa shape index (κ1) is 18.7. The van der Waals surface area contributed by atoms with Gasteiger partial charge in [-0.25, -0.2) is 4.79 Å². The smallest absolute Gasteiger partial charge is 0.370 e. The molecule has 1 heterocycles. The molecule has 0 bridgehead atoms. The molecular weight excluding hydrogens is 316 g/mol. The summed E-state index contributed by atoms with van der Waals surface area (Å²) in [6, 6.07) is -1.20. The van der Waals surface area contributed by atoms with Gasteiger partial charge >= 0.3 is 11.9 Å². The molecule has 0 saturated carbocycles. The summed E-state index contributed by atoms with van der Waals surface area (Å²) in [5.41, 5.74) is 8.19.